The molecule has 0 bridgehead atoms. The van der Waals surface area contributed by atoms with E-state index in [4.69, 9.17) is 16.9 Å². The van der Waals surface area contributed by atoms with Crippen LogP contribution in [0, 0.1) is 11.3 Å². The molecule has 2 aromatic rings. The Morgan fingerprint density at radius 1 is 1.12 bits per heavy atom. The number of anilines is 2. The lowest BCUT2D eigenvalue weighted by atomic mass is 10.2. The topological polar surface area (TPSA) is 35.8 Å². The van der Waals surface area contributed by atoms with Gasteiger partial charge in [-0.05, 0) is 52.3 Å². The standard InChI is InChI=1S/C13H8BrClN2/c14-12-5-4-11(7-13(12)15)17-10-3-1-2-9(6-10)8-16/h1-7,17H. The monoisotopic (exact) mass is 306 g/mol. The number of hydrogen-bond acceptors (Lipinski definition) is 2. The Balaban J connectivity index is 2.25. The van der Waals surface area contributed by atoms with Gasteiger partial charge in [0.05, 0.1) is 16.7 Å². The van der Waals surface area contributed by atoms with Gasteiger partial charge in [0.1, 0.15) is 0 Å². The summed E-state index contributed by atoms with van der Waals surface area (Å²) in [6, 6.07) is 15.0. The van der Waals surface area contributed by atoms with Crippen LogP contribution >= 0.6 is 27.5 Å². The second-order valence-electron chi connectivity index (χ2n) is 3.45. The van der Waals surface area contributed by atoms with Crippen molar-refractivity contribution < 1.29 is 0 Å². The highest BCUT2D eigenvalue weighted by Crippen LogP contribution is 2.27. The van der Waals surface area contributed by atoms with Gasteiger partial charge in [-0.2, -0.15) is 5.26 Å². The highest BCUT2D eigenvalue weighted by Gasteiger charge is 2.00. The Kier molecular flexibility index (Phi) is 3.68. The van der Waals surface area contributed by atoms with Gasteiger partial charge < -0.3 is 5.32 Å². The van der Waals surface area contributed by atoms with Gasteiger partial charge in [0.25, 0.3) is 0 Å². The van der Waals surface area contributed by atoms with Crippen LogP contribution in [-0.2, 0) is 0 Å². The molecule has 0 aromatic heterocycles. The second kappa shape index (κ2) is 5.22. The molecule has 17 heavy (non-hydrogen) atoms. The van der Waals surface area contributed by atoms with Crippen molar-refractivity contribution in [2.75, 3.05) is 5.32 Å². The van der Waals surface area contributed by atoms with E-state index >= 15 is 0 Å². The zero-order valence-corrected chi connectivity index (χ0v) is 11.1. The van der Waals surface area contributed by atoms with Crippen molar-refractivity contribution in [3.63, 3.8) is 0 Å². The highest BCUT2D eigenvalue weighted by atomic mass is 79.9. The minimum atomic E-state index is 0.623. The minimum absolute atomic E-state index is 0.623. The Labute approximate surface area is 113 Å². The molecule has 0 spiro atoms. The van der Waals surface area contributed by atoms with Gasteiger partial charge in [-0.15, -0.1) is 0 Å². The Bertz CT molecular complexity index is 590. The molecule has 0 saturated heterocycles. The smallest absolute Gasteiger partial charge is 0.0992 e. The number of nitrogens with one attached hydrogen (secondary N) is 1. The third kappa shape index (κ3) is 3.00. The molecule has 0 atom stereocenters. The second-order valence-corrected chi connectivity index (χ2v) is 4.71. The summed E-state index contributed by atoms with van der Waals surface area (Å²) in [5.74, 6) is 0. The number of nitrogens with zero attached hydrogens (tertiary/aromatic N) is 1. The summed E-state index contributed by atoms with van der Waals surface area (Å²) in [4.78, 5) is 0. The highest BCUT2D eigenvalue weighted by molar-refractivity contribution is 9.10. The Morgan fingerprint density at radius 3 is 2.59 bits per heavy atom. The van der Waals surface area contributed by atoms with Crippen LogP contribution in [0.15, 0.2) is 46.9 Å². The van der Waals surface area contributed by atoms with Crippen molar-refractivity contribution in [1.82, 2.24) is 0 Å². The van der Waals surface area contributed by atoms with E-state index in [-0.39, 0.29) is 0 Å². The van der Waals surface area contributed by atoms with Crippen LogP contribution < -0.4 is 5.32 Å². The molecule has 0 saturated carbocycles. The molecule has 0 radical (unpaired) electrons. The van der Waals surface area contributed by atoms with Gasteiger partial charge in [-0.3, -0.25) is 0 Å². The molecular formula is C13H8BrClN2. The van der Waals surface area contributed by atoms with Gasteiger partial charge in [0.15, 0.2) is 0 Å². The lowest BCUT2D eigenvalue weighted by Gasteiger charge is -2.07. The summed E-state index contributed by atoms with van der Waals surface area (Å²) in [5.41, 5.74) is 2.37. The number of rotatable bonds is 2. The zero-order chi connectivity index (χ0) is 12.3. The first-order chi connectivity index (χ1) is 8.19. The fourth-order valence-corrected chi connectivity index (χ4v) is 1.83. The molecule has 0 aliphatic carbocycles. The lowest BCUT2D eigenvalue weighted by molar-refractivity contribution is 1.47. The van der Waals surface area contributed by atoms with Gasteiger partial charge in [-0.1, -0.05) is 17.7 Å². The Hall–Kier alpha value is -1.50. The van der Waals surface area contributed by atoms with E-state index in [1.54, 1.807) is 12.1 Å². The van der Waals surface area contributed by atoms with E-state index < -0.39 is 0 Å². The van der Waals surface area contributed by atoms with Gasteiger partial charge in [-0.25, -0.2) is 0 Å². The van der Waals surface area contributed by atoms with Crippen molar-refractivity contribution >= 4 is 38.9 Å². The summed E-state index contributed by atoms with van der Waals surface area (Å²) in [5, 5.41) is 12.6. The van der Waals surface area contributed by atoms with Gasteiger partial charge in [0.2, 0.25) is 0 Å². The van der Waals surface area contributed by atoms with Crippen LogP contribution in [0.1, 0.15) is 5.56 Å². The molecule has 2 aromatic carbocycles. The molecule has 4 heteroatoms. The summed E-state index contributed by atoms with van der Waals surface area (Å²) in [7, 11) is 0. The van der Waals surface area contributed by atoms with Gasteiger partial charge >= 0.3 is 0 Å². The quantitative estimate of drug-likeness (QED) is 0.871. The third-order valence-corrected chi connectivity index (χ3v) is 3.43. The summed E-state index contributed by atoms with van der Waals surface area (Å²) >= 11 is 9.33. The molecular weight excluding hydrogens is 300 g/mol. The van der Waals surface area contributed by atoms with Crippen LogP contribution in [0.25, 0.3) is 0 Å². The van der Waals surface area contributed by atoms with Crippen molar-refractivity contribution in [1.29, 1.82) is 5.26 Å². The van der Waals surface area contributed by atoms with E-state index in [2.05, 4.69) is 27.3 Å². The zero-order valence-electron chi connectivity index (χ0n) is 8.74. The molecule has 0 heterocycles. The Morgan fingerprint density at radius 2 is 1.88 bits per heavy atom. The van der Waals surface area contributed by atoms with E-state index in [9.17, 15) is 0 Å². The number of nitriles is 1. The third-order valence-electron chi connectivity index (χ3n) is 2.20. The average Bonchev–Trinajstić information content (AvgIpc) is 2.34. The predicted octanol–water partition coefficient (Wildman–Crippen LogP) is 4.72. The summed E-state index contributed by atoms with van der Waals surface area (Å²) in [6.07, 6.45) is 0. The maximum atomic E-state index is 8.80. The van der Waals surface area contributed by atoms with E-state index in [0.29, 0.717) is 10.6 Å². The molecule has 2 nitrogen and oxygen atoms in total. The SMILES string of the molecule is N#Cc1cccc(Nc2ccc(Br)c(Cl)c2)c1. The molecule has 0 aliphatic rings. The summed E-state index contributed by atoms with van der Waals surface area (Å²) < 4.78 is 0.857. The molecule has 0 unspecified atom stereocenters. The van der Waals surface area contributed by atoms with Crippen LogP contribution in [0.3, 0.4) is 0 Å². The molecule has 0 fully saturated rings. The maximum absolute atomic E-state index is 8.80. The molecule has 2 rings (SSSR count). The number of benzene rings is 2. The van der Waals surface area contributed by atoms with Crippen LogP contribution in [0.2, 0.25) is 5.02 Å². The maximum Gasteiger partial charge on any atom is 0.0992 e. The van der Waals surface area contributed by atoms with E-state index in [0.717, 1.165) is 15.8 Å². The molecule has 84 valence electrons. The number of halogens is 2. The van der Waals surface area contributed by atoms with Crippen LogP contribution in [-0.4, -0.2) is 0 Å². The largest absolute Gasteiger partial charge is 0.355 e. The predicted molar refractivity (Wildman–Crippen MR) is 73.6 cm³/mol. The molecule has 0 aliphatic heterocycles. The average molecular weight is 308 g/mol. The van der Waals surface area contributed by atoms with E-state index in [1.807, 2.05) is 30.3 Å². The molecule has 0 amide bonds. The first kappa shape index (κ1) is 12.0. The summed E-state index contributed by atoms with van der Waals surface area (Å²) in [6.45, 7) is 0. The van der Waals surface area contributed by atoms with Crippen LogP contribution in [0.4, 0.5) is 11.4 Å². The normalized spacial score (nSPS) is 9.71. The van der Waals surface area contributed by atoms with Crippen LogP contribution in [0.5, 0.6) is 0 Å². The fraction of sp³-hybridized carbons (Fsp3) is 0. The van der Waals surface area contributed by atoms with E-state index in [1.165, 1.54) is 0 Å². The van der Waals surface area contributed by atoms with Crippen molar-refractivity contribution in [3.8, 4) is 6.07 Å². The number of hydrogen-bond donors (Lipinski definition) is 1. The minimum Gasteiger partial charge on any atom is -0.355 e. The first-order valence-electron chi connectivity index (χ1n) is 4.91. The van der Waals surface area contributed by atoms with Gasteiger partial charge in [0, 0.05) is 15.8 Å². The first-order valence-corrected chi connectivity index (χ1v) is 6.08. The molecule has 1 N–H and O–H groups in total. The fourth-order valence-electron chi connectivity index (χ4n) is 1.41. The van der Waals surface area contributed by atoms with Crippen molar-refractivity contribution in [2.24, 2.45) is 0 Å². The lowest BCUT2D eigenvalue weighted by Crippen LogP contribution is -1.90. The van der Waals surface area contributed by atoms with Crippen molar-refractivity contribution in [2.45, 2.75) is 0 Å². The van der Waals surface area contributed by atoms with Crippen molar-refractivity contribution in [3.05, 3.63) is 57.5 Å².